The van der Waals surface area contributed by atoms with Crippen molar-refractivity contribution >= 4 is 0 Å². The number of allylic oxidation sites excluding steroid dienone is 3. The molecule has 2 N–H and O–H groups in total. The summed E-state index contributed by atoms with van der Waals surface area (Å²) in [6.45, 7) is 1.91. The third kappa shape index (κ3) is 9.29. The van der Waals surface area contributed by atoms with Crippen LogP contribution in [0.25, 0.3) is 0 Å². The molecule has 0 aliphatic carbocycles. The van der Waals surface area contributed by atoms with Crippen molar-refractivity contribution in [2.24, 2.45) is 0 Å². The van der Waals surface area contributed by atoms with Crippen molar-refractivity contribution in [2.75, 3.05) is 13.2 Å². The minimum atomic E-state index is -0.775. The highest BCUT2D eigenvalue weighted by Gasteiger charge is 1.98. The molecule has 0 aromatic rings. The maximum absolute atomic E-state index is 8.91. The second kappa shape index (κ2) is 10.3. The van der Waals surface area contributed by atoms with E-state index in [-0.39, 0.29) is 13.2 Å². The predicted molar refractivity (Wildman–Crippen MR) is 56.8 cm³/mol. The zero-order chi connectivity index (χ0) is 10.6. The molecule has 82 valence electrons. The molecule has 0 aromatic heterocycles. The van der Waals surface area contributed by atoms with Gasteiger partial charge in [-0.15, -0.1) is 0 Å². The largest absolute Gasteiger partial charge is 0.499 e. The number of unbranched alkanes of at least 4 members (excludes halogenated alkanes) is 2. The van der Waals surface area contributed by atoms with E-state index in [9.17, 15) is 0 Å². The highest BCUT2D eigenvalue weighted by molar-refractivity contribution is 4.80. The smallest absolute Gasteiger partial charge is 0.115 e. The molecule has 1 atom stereocenters. The summed E-state index contributed by atoms with van der Waals surface area (Å²) in [6, 6.07) is 0. The maximum Gasteiger partial charge on any atom is 0.115 e. The first-order valence-corrected chi connectivity index (χ1v) is 4.98. The zero-order valence-electron chi connectivity index (χ0n) is 8.72. The Bertz CT molecular complexity index is 164. The lowest BCUT2D eigenvalue weighted by molar-refractivity contribution is 0.0383. The van der Waals surface area contributed by atoms with E-state index in [1.165, 1.54) is 0 Å². The van der Waals surface area contributed by atoms with Crippen LogP contribution in [0.2, 0.25) is 0 Å². The van der Waals surface area contributed by atoms with Crippen LogP contribution in [0.4, 0.5) is 0 Å². The molecule has 0 aliphatic heterocycles. The van der Waals surface area contributed by atoms with Gasteiger partial charge in [0.05, 0.1) is 12.9 Å². The molecule has 0 heterocycles. The number of rotatable bonds is 8. The van der Waals surface area contributed by atoms with Gasteiger partial charge in [0.1, 0.15) is 12.7 Å². The fraction of sp³-hybridized carbons (Fsp3) is 0.636. The van der Waals surface area contributed by atoms with Crippen LogP contribution in [0.15, 0.2) is 24.5 Å². The van der Waals surface area contributed by atoms with Gasteiger partial charge >= 0.3 is 0 Å². The van der Waals surface area contributed by atoms with Gasteiger partial charge in [0.25, 0.3) is 0 Å². The minimum absolute atomic E-state index is 0.155. The van der Waals surface area contributed by atoms with Gasteiger partial charge in [-0.3, -0.25) is 0 Å². The van der Waals surface area contributed by atoms with Gasteiger partial charge in [0.15, 0.2) is 0 Å². The van der Waals surface area contributed by atoms with Crippen LogP contribution in [0.5, 0.6) is 0 Å². The van der Waals surface area contributed by atoms with Crippen molar-refractivity contribution in [1.29, 1.82) is 0 Å². The Morgan fingerprint density at radius 3 is 2.64 bits per heavy atom. The summed E-state index contributed by atoms with van der Waals surface area (Å²) in [4.78, 5) is 0. The normalized spacial score (nSPS) is 13.9. The fourth-order valence-electron chi connectivity index (χ4n) is 0.876. The van der Waals surface area contributed by atoms with Crippen molar-refractivity contribution in [2.45, 2.75) is 32.3 Å². The van der Waals surface area contributed by atoms with E-state index in [1.54, 1.807) is 6.26 Å². The van der Waals surface area contributed by atoms with Crippen LogP contribution in [0, 0.1) is 0 Å². The first kappa shape index (κ1) is 13.2. The lowest BCUT2D eigenvalue weighted by Crippen LogP contribution is -2.17. The third-order valence-electron chi connectivity index (χ3n) is 1.67. The fourth-order valence-corrected chi connectivity index (χ4v) is 0.876. The standard InChI is InChI=1S/C11H20O3/c1-2-3-4-5-6-7-8-14-10-11(13)9-12/h2-3,7-8,11-13H,4-6,9-10H2,1H3/b3-2-,8-7-. The molecular weight excluding hydrogens is 180 g/mol. The number of hydrogen-bond acceptors (Lipinski definition) is 3. The van der Waals surface area contributed by atoms with Crippen molar-refractivity contribution in [3.63, 3.8) is 0 Å². The van der Waals surface area contributed by atoms with Gasteiger partial charge < -0.3 is 14.9 Å². The van der Waals surface area contributed by atoms with Gasteiger partial charge in [0, 0.05) is 0 Å². The van der Waals surface area contributed by atoms with Crippen molar-refractivity contribution in [1.82, 2.24) is 0 Å². The number of ether oxygens (including phenoxy) is 1. The quantitative estimate of drug-likeness (QED) is 0.355. The Morgan fingerprint density at radius 2 is 2.00 bits per heavy atom. The molecule has 0 amide bonds. The average molecular weight is 200 g/mol. The molecule has 0 bridgehead atoms. The number of hydrogen-bond donors (Lipinski definition) is 2. The molecule has 3 nitrogen and oxygen atoms in total. The monoisotopic (exact) mass is 200 g/mol. The second-order valence-electron chi connectivity index (χ2n) is 3.04. The first-order chi connectivity index (χ1) is 6.81. The van der Waals surface area contributed by atoms with Crippen molar-refractivity contribution in [3.8, 4) is 0 Å². The second-order valence-corrected chi connectivity index (χ2v) is 3.04. The van der Waals surface area contributed by atoms with Crippen LogP contribution in [-0.2, 0) is 4.74 Å². The Morgan fingerprint density at radius 1 is 1.29 bits per heavy atom. The van der Waals surface area contributed by atoms with Crippen LogP contribution in [0.1, 0.15) is 26.2 Å². The van der Waals surface area contributed by atoms with E-state index < -0.39 is 6.10 Å². The summed E-state index contributed by atoms with van der Waals surface area (Å²) in [6.07, 6.45) is 10.1. The van der Waals surface area contributed by atoms with E-state index in [2.05, 4.69) is 6.08 Å². The van der Waals surface area contributed by atoms with E-state index in [0.717, 1.165) is 19.3 Å². The SMILES string of the molecule is C/C=C\CCC/C=C\OCC(O)CO. The molecule has 1 unspecified atom stereocenters. The summed E-state index contributed by atoms with van der Waals surface area (Å²) in [5.74, 6) is 0. The number of aliphatic hydroxyl groups excluding tert-OH is 2. The summed E-state index contributed by atoms with van der Waals surface area (Å²) in [7, 11) is 0. The predicted octanol–water partition coefficient (Wildman–Crippen LogP) is 1.62. The number of aliphatic hydroxyl groups is 2. The highest BCUT2D eigenvalue weighted by Crippen LogP contribution is 1.98. The van der Waals surface area contributed by atoms with Gasteiger partial charge in [-0.05, 0) is 32.3 Å². The van der Waals surface area contributed by atoms with Crippen molar-refractivity contribution in [3.05, 3.63) is 24.5 Å². The molecule has 0 rings (SSSR count). The van der Waals surface area contributed by atoms with Crippen LogP contribution >= 0.6 is 0 Å². The Labute approximate surface area is 85.7 Å². The lowest BCUT2D eigenvalue weighted by atomic mass is 10.2. The van der Waals surface area contributed by atoms with Crippen molar-refractivity contribution < 1.29 is 14.9 Å². The molecule has 14 heavy (non-hydrogen) atoms. The third-order valence-corrected chi connectivity index (χ3v) is 1.67. The van der Waals surface area contributed by atoms with Gasteiger partial charge in [-0.1, -0.05) is 12.2 Å². The zero-order valence-corrected chi connectivity index (χ0v) is 8.72. The molecule has 0 saturated carbocycles. The van der Waals surface area contributed by atoms with Crippen LogP contribution in [0.3, 0.4) is 0 Å². The minimum Gasteiger partial charge on any atom is -0.499 e. The van der Waals surface area contributed by atoms with Crippen LogP contribution < -0.4 is 0 Å². The Hall–Kier alpha value is -0.800. The van der Waals surface area contributed by atoms with E-state index in [1.807, 2.05) is 19.1 Å². The van der Waals surface area contributed by atoms with E-state index in [4.69, 9.17) is 14.9 Å². The molecule has 0 radical (unpaired) electrons. The molecule has 0 saturated heterocycles. The van der Waals surface area contributed by atoms with E-state index >= 15 is 0 Å². The Kier molecular flexibility index (Phi) is 9.69. The molecular formula is C11H20O3. The summed E-state index contributed by atoms with van der Waals surface area (Å²) < 4.78 is 4.98. The topological polar surface area (TPSA) is 49.7 Å². The van der Waals surface area contributed by atoms with Gasteiger partial charge in [0.2, 0.25) is 0 Å². The molecule has 0 aliphatic rings. The molecule has 0 spiro atoms. The summed E-state index contributed by atoms with van der Waals surface area (Å²) in [5.41, 5.74) is 0. The maximum atomic E-state index is 8.91. The summed E-state index contributed by atoms with van der Waals surface area (Å²) >= 11 is 0. The van der Waals surface area contributed by atoms with Gasteiger partial charge in [-0.2, -0.15) is 0 Å². The van der Waals surface area contributed by atoms with Gasteiger partial charge in [-0.25, -0.2) is 0 Å². The average Bonchev–Trinajstić information content (AvgIpc) is 2.21. The first-order valence-electron chi connectivity index (χ1n) is 4.98. The molecule has 3 heteroatoms. The summed E-state index contributed by atoms with van der Waals surface area (Å²) in [5, 5.41) is 17.4. The molecule has 0 aromatic carbocycles. The highest BCUT2D eigenvalue weighted by atomic mass is 16.5. The lowest BCUT2D eigenvalue weighted by Gasteiger charge is -2.04. The van der Waals surface area contributed by atoms with Crippen LogP contribution in [-0.4, -0.2) is 29.5 Å². The Balaban J connectivity index is 3.19. The molecule has 0 fully saturated rings. The van der Waals surface area contributed by atoms with E-state index in [0.29, 0.717) is 0 Å².